The summed E-state index contributed by atoms with van der Waals surface area (Å²) >= 11 is 5.21. The molecule has 0 radical (unpaired) electrons. The topological polar surface area (TPSA) is 156 Å². The molecule has 630 valence electrons. The molecule has 0 fully saturated rings. The number of nitrogens with zero attached hydrogens (tertiary/aromatic N) is 6. The number of benzene rings is 18. The highest BCUT2D eigenvalue weighted by Gasteiger charge is 2.25. The molecule has 135 heavy (non-hydrogen) atoms. The molecule has 12 heterocycles. The molecular weight excluding hydrogens is 1720 g/mol. The van der Waals surface area contributed by atoms with E-state index in [1.807, 2.05) is 103 Å². The first-order valence-electron chi connectivity index (χ1n) is 44.7. The maximum Gasteiger partial charge on any atom is 0.160 e. The van der Waals surface area contributed by atoms with Gasteiger partial charge in [0.15, 0.2) is 17.5 Å². The van der Waals surface area contributed by atoms with Crippen LogP contribution in [0.4, 0.5) is 0 Å². The molecule has 0 atom stereocenters. The lowest BCUT2D eigenvalue weighted by Crippen LogP contribution is -1.93. The van der Waals surface area contributed by atoms with Crippen molar-refractivity contribution in [3.05, 3.63) is 400 Å². The predicted molar refractivity (Wildman–Crippen MR) is 557 cm³/mol. The Balaban J connectivity index is 0.000000101. The molecule has 0 saturated heterocycles. The molecule has 0 bridgehead atoms. The Hall–Kier alpha value is -17.3. The normalized spacial score (nSPS) is 12.0. The van der Waals surface area contributed by atoms with Gasteiger partial charge in [0.2, 0.25) is 0 Å². The van der Waals surface area contributed by atoms with Crippen molar-refractivity contribution < 1.29 is 26.5 Å². The van der Waals surface area contributed by atoms with Gasteiger partial charge >= 0.3 is 0 Å². The first-order valence-corrected chi connectivity index (χ1v) is 47.2. The van der Waals surface area contributed by atoms with Crippen molar-refractivity contribution in [3.63, 3.8) is 0 Å². The van der Waals surface area contributed by atoms with Gasteiger partial charge in [-0.15, -0.1) is 34.0 Å². The average molecular weight is 1780 g/mol. The fraction of sp³-hybridized carbons (Fsp3) is 0. The molecule has 0 unspecified atom stereocenters. The lowest BCUT2D eigenvalue weighted by atomic mass is 9.98. The van der Waals surface area contributed by atoms with E-state index in [2.05, 4.69) is 297 Å². The first kappa shape index (κ1) is 76.5. The van der Waals surface area contributed by atoms with Gasteiger partial charge in [-0.1, -0.05) is 279 Å². The molecule has 12 aromatic heterocycles. The van der Waals surface area contributed by atoms with Crippen molar-refractivity contribution in [1.29, 1.82) is 0 Å². The SMILES string of the molecule is c1ccc2c(c1)oc1cc(-c3ccc(-c4nc(-c5ccc6c(c5)oc5ccccc56)c5sc6ccccc6c5n4)cc3)ccc12.c1ccc2c(c1)oc1cc(-c3nc(-c4ccc(-c5ccc6oc7ccccc7c6c5)cc4)nc4c3sc3ccccc34)ccc12.c1ccc2c(c1)oc1cc(-c3nc(-c4ccc(-c5cccc6oc7ccccc7c56)cc4)nc4c3sc3ccccc34)ccc12. The second-order valence-electron chi connectivity index (χ2n) is 34.1. The van der Waals surface area contributed by atoms with Gasteiger partial charge in [0, 0.05) is 128 Å². The van der Waals surface area contributed by atoms with Gasteiger partial charge in [0.25, 0.3) is 0 Å². The number of rotatable bonds is 9. The minimum absolute atomic E-state index is 0.698. The van der Waals surface area contributed by atoms with Gasteiger partial charge in [-0.2, -0.15) is 0 Å². The van der Waals surface area contributed by atoms with Crippen LogP contribution in [-0.2, 0) is 0 Å². The first-order chi connectivity index (χ1) is 66.8. The summed E-state index contributed by atoms with van der Waals surface area (Å²) in [6, 6.07) is 138. The van der Waals surface area contributed by atoms with E-state index in [0.29, 0.717) is 17.5 Å². The molecule has 0 amide bonds. The van der Waals surface area contributed by atoms with Gasteiger partial charge in [0.1, 0.15) is 67.0 Å². The number of para-hydroxylation sites is 6. The van der Waals surface area contributed by atoms with Crippen molar-refractivity contribution in [2.45, 2.75) is 0 Å². The average Bonchev–Trinajstić information content (AvgIpc) is 1.62. The highest BCUT2D eigenvalue weighted by molar-refractivity contribution is 7.27. The van der Waals surface area contributed by atoms with E-state index in [0.717, 1.165) is 262 Å². The smallest absolute Gasteiger partial charge is 0.160 e. The molecule has 30 rings (SSSR count). The summed E-state index contributed by atoms with van der Waals surface area (Å²) in [7, 11) is 0. The van der Waals surface area contributed by atoms with Gasteiger partial charge in [-0.25, -0.2) is 29.9 Å². The standard InChI is InChI=1S/3C40H22N2O2S/c1-4-12-31-27(8-1)28-21-20-25(22-34(28)44-31)37-39-38(30-10-3-6-15-35(30)45-39)42-40(41-37)24-18-16-23(17-19-24)26-11-7-14-33-36(26)29-9-2-5-13-32(29)43-33;1-4-10-32-27(7-1)29-19-17-26(22-35(29)44-32)37-39-38(30-9-3-6-12-36(30)45-39)42-40(41-37)24-15-13-23(14-16-24)25-18-20-34-31(21-25)28-8-2-5-11-33(28)43-34;1-4-10-32-27(7-1)29-19-17-25(21-34(29)43-32)23-13-15-24(16-14-23)40-41-37(39-38(42-40)31-9-3-6-12-36(31)45-39)26-18-20-30-28-8-2-5-11-33(28)44-35(30)22-26/h3*1-22H. The second kappa shape index (κ2) is 30.6. The molecule has 0 aliphatic carbocycles. The molecule has 0 aliphatic rings. The largest absolute Gasteiger partial charge is 0.456 e. The summed E-state index contributed by atoms with van der Waals surface area (Å²) in [6.07, 6.45) is 0. The number of fused-ring (bicyclic) bond motifs is 27. The Labute approximate surface area is 778 Å². The van der Waals surface area contributed by atoms with Crippen LogP contribution in [0.25, 0.3) is 294 Å². The summed E-state index contributed by atoms with van der Waals surface area (Å²) in [5, 5.41) is 16.9. The Morgan fingerprint density at radius 1 is 0.156 bits per heavy atom. The van der Waals surface area contributed by atoms with Crippen LogP contribution in [-0.4, -0.2) is 29.9 Å². The van der Waals surface area contributed by atoms with Crippen LogP contribution in [0.15, 0.2) is 427 Å². The molecule has 30 aromatic rings. The molecule has 15 heteroatoms. The monoisotopic (exact) mass is 1780 g/mol. The summed E-state index contributed by atoms with van der Waals surface area (Å²) < 4.78 is 43.9. The quantitative estimate of drug-likeness (QED) is 0.135. The van der Waals surface area contributed by atoms with Crippen LogP contribution >= 0.6 is 34.0 Å². The van der Waals surface area contributed by atoms with Crippen LogP contribution in [0, 0.1) is 0 Å². The molecule has 0 aliphatic heterocycles. The van der Waals surface area contributed by atoms with Crippen molar-refractivity contribution >= 4 is 227 Å². The third-order valence-electron chi connectivity index (χ3n) is 26.2. The number of aromatic nitrogens is 6. The third-order valence-corrected chi connectivity index (χ3v) is 29.7. The zero-order valence-electron chi connectivity index (χ0n) is 71.5. The van der Waals surface area contributed by atoms with E-state index in [1.165, 1.54) is 14.1 Å². The molecule has 0 saturated carbocycles. The minimum atomic E-state index is 0.698. The van der Waals surface area contributed by atoms with E-state index < -0.39 is 0 Å². The van der Waals surface area contributed by atoms with Gasteiger partial charge < -0.3 is 26.5 Å². The fourth-order valence-electron chi connectivity index (χ4n) is 19.6. The maximum absolute atomic E-state index is 6.26. The van der Waals surface area contributed by atoms with Gasteiger partial charge in [-0.05, 0) is 155 Å². The second-order valence-corrected chi connectivity index (χ2v) is 37.2. The van der Waals surface area contributed by atoms with Crippen LogP contribution < -0.4 is 0 Å². The van der Waals surface area contributed by atoms with Crippen LogP contribution in [0.3, 0.4) is 0 Å². The van der Waals surface area contributed by atoms with Crippen LogP contribution in [0.5, 0.6) is 0 Å². The highest BCUT2D eigenvalue weighted by atomic mass is 32.1. The molecular formula is C120H66N6O6S3. The van der Waals surface area contributed by atoms with E-state index in [-0.39, 0.29) is 0 Å². The van der Waals surface area contributed by atoms with Crippen LogP contribution in [0.2, 0.25) is 0 Å². The van der Waals surface area contributed by atoms with E-state index in [9.17, 15) is 0 Å². The van der Waals surface area contributed by atoms with Crippen molar-refractivity contribution in [2.24, 2.45) is 0 Å². The third kappa shape index (κ3) is 12.8. The van der Waals surface area contributed by atoms with E-state index in [4.69, 9.17) is 56.4 Å². The molecule has 0 N–H and O–H groups in total. The Kier molecular flexibility index (Phi) is 17.4. The van der Waals surface area contributed by atoms with Gasteiger partial charge in [0.05, 0.1) is 47.7 Å². The summed E-state index contributed by atoms with van der Waals surface area (Å²) in [5.41, 5.74) is 29.0. The summed E-state index contributed by atoms with van der Waals surface area (Å²) in [5.74, 6) is 2.10. The maximum atomic E-state index is 6.26. The Morgan fingerprint density at radius 2 is 0.407 bits per heavy atom. The number of hydrogen-bond donors (Lipinski definition) is 0. The summed E-state index contributed by atoms with van der Waals surface area (Å²) in [6.45, 7) is 0. The van der Waals surface area contributed by atoms with E-state index in [1.54, 1.807) is 34.0 Å². The zero-order chi connectivity index (χ0) is 88.5. The Morgan fingerprint density at radius 3 is 0.793 bits per heavy atom. The minimum Gasteiger partial charge on any atom is -0.456 e. The predicted octanol–water partition coefficient (Wildman–Crippen LogP) is 34.9. The fourth-order valence-corrected chi connectivity index (χ4v) is 23.1. The van der Waals surface area contributed by atoms with Gasteiger partial charge in [-0.3, -0.25) is 0 Å². The number of thiophene rings is 3. The van der Waals surface area contributed by atoms with E-state index >= 15 is 0 Å². The zero-order valence-corrected chi connectivity index (χ0v) is 73.9. The molecule has 18 aromatic carbocycles. The molecule has 0 spiro atoms. The lowest BCUT2D eigenvalue weighted by molar-refractivity contribution is 0.668. The van der Waals surface area contributed by atoms with Crippen molar-refractivity contribution in [2.75, 3.05) is 0 Å². The number of furan rings is 6. The molecule has 12 nitrogen and oxygen atoms in total. The van der Waals surface area contributed by atoms with Crippen molar-refractivity contribution in [3.8, 4) is 101 Å². The highest BCUT2D eigenvalue weighted by Crippen LogP contribution is 2.48. The number of hydrogen-bond acceptors (Lipinski definition) is 15. The van der Waals surface area contributed by atoms with Crippen molar-refractivity contribution in [1.82, 2.24) is 29.9 Å². The lowest BCUT2D eigenvalue weighted by Gasteiger charge is -2.09. The van der Waals surface area contributed by atoms with Crippen LogP contribution in [0.1, 0.15) is 0 Å². The Bertz CT molecular complexity index is 10100. The summed E-state index contributed by atoms with van der Waals surface area (Å²) in [4.78, 5) is 31.1.